The highest BCUT2D eigenvalue weighted by Crippen LogP contribution is 2.36. The summed E-state index contributed by atoms with van der Waals surface area (Å²) in [5, 5.41) is 3.26. The van der Waals surface area contributed by atoms with Gasteiger partial charge in [-0.2, -0.15) is 0 Å². The first-order chi connectivity index (χ1) is 15.9. The maximum Gasteiger partial charge on any atom is 0.341 e. The summed E-state index contributed by atoms with van der Waals surface area (Å²) in [6.45, 7) is 5.88. The van der Waals surface area contributed by atoms with E-state index in [1.807, 2.05) is 50.2 Å². The van der Waals surface area contributed by atoms with Crippen LogP contribution in [0.4, 0.5) is 5.00 Å². The molecule has 0 bridgehead atoms. The van der Waals surface area contributed by atoms with Crippen LogP contribution in [0.15, 0.2) is 60.7 Å². The number of carbonyl (C=O) groups is 2. The van der Waals surface area contributed by atoms with Crippen LogP contribution < -0.4 is 14.8 Å². The van der Waals surface area contributed by atoms with E-state index in [9.17, 15) is 9.59 Å². The number of thiophene rings is 1. The van der Waals surface area contributed by atoms with Gasteiger partial charge in [0.25, 0.3) is 0 Å². The molecule has 0 spiro atoms. The average molecular weight is 466 g/mol. The van der Waals surface area contributed by atoms with Crippen molar-refractivity contribution in [3.05, 3.63) is 71.8 Å². The summed E-state index contributed by atoms with van der Waals surface area (Å²) in [7, 11) is 1.57. The highest BCUT2D eigenvalue weighted by Gasteiger charge is 2.19. The van der Waals surface area contributed by atoms with E-state index in [2.05, 4.69) is 5.32 Å². The molecule has 2 aromatic carbocycles. The first-order valence-corrected chi connectivity index (χ1v) is 11.4. The molecule has 0 saturated carbocycles. The van der Waals surface area contributed by atoms with E-state index in [4.69, 9.17) is 14.2 Å². The molecular formula is C26H27NO5S. The summed E-state index contributed by atoms with van der Waals surface area (Å²) in [5.41, 5.74) is 2.07. The van der Waals surface area contributed by atoms with E-state index in [-0.39, 0.29) is 18.6 Å². The highest BCUT2D eigenvalue weighted by atomic mass is 32.1. The molecule has 1 N–H and O–H groups in total. The molecule has 0 atom stereocenters. The zero-order valence-electron chi connectivity index (χ0n) is 19.1. The van der Waals surface area contributed by atoms with E-state index >= 15 is 0 Å². The van der Waals surface area contributed by atoms with Crippen molar-refractivity contribution in [1.82, 2.24) is 0 Å². The minimum atomic E-state index is -0.472. The fourth-order valence-electron chi connectivity index (χ4n) is 3.05. The number of carbonyl (C=O) groups excluding carboxylic acids is 2. The predicted molar refractivity (Wildman–Crippen MR) is 132 cm³/mol. The maximum absolute atomic E-state index is 12.6. The van der Waals surface area contributed by atoms with Gasteiger partial charge < -0.3 is 19.5 Å². The lowest BCUT2D eigenvalue weighted by atomic mass is 10.1. The molecule has 1 amide bonds. The first-order valence-electron chi connectivity index (χ1n) is 10.6. The van der Waals surface area contributed by atoms with E-state index in [0.29, 0.717) is 22.1 Å². The van der Waals surface area contributed by atoms with Gasteiger partial charge in [0, 0.05) is 11.0 Å². The Morgan fingerprint density at radius 3 is 2.48 bits per heavy atom. The summed E-state index contributed by atoms with van der Waals surface area (Å²) in [6, 6.07) is 16.9. The third kappa shape index (κ3) is 6.46. The molecule has 3 aromatic rings. The van der Waals surface area contributed by atoms with Crippen molar-refractivity contribution in [2.75, 3.05) is 19.0 Å². The number of methoxy groups -OCH3 is 1. The predicted octanol–water partition coefficient (Wildman–Crippen LogP) is 6.04. The van der Waals surface area contributed by atoms with Crippen LogP contribution in [-0.2, 0) is 9.53 Å². The molecule has 1 heterocycles. The average Bonchev–Trinajstić information content (AvgIpc) is 3.22. The molecule has 172 valence electrons. The number of benzene rings is 2. The summed E-state index contributed by atoms with van der Waals surface area (Å²) in [4.78, 5) is 25.9. The number of anilines is 1. The largest absolute Gasteiger partial charge is 0.493 e. The standard InChI is InChI=1S/C26H27NO5S/c1-5-31-26(29)20-16-23(19-9-7-6-8-10-19)33-25(20)27-24(28)14-12-18-11-13-21(32-17(2)3)22(15-18)30-4/h6-17H,5H2,1-4H3,(H,27,28)/b14-12+. The zero-order valence-corrected chi connectivity index (χ0v) is 19.9. The zero-order chi connectivity index (χ0) is 23.8. The monoisotopic (exact) mass is 465 g/mol. The molecule has 0 fully saturated rings. The smallest absolute Gasteiger partial charge is 0.341 e. The van der Waals surface area contributed by atoms with E-state index < -0.39 is 5.97 Å². The van der Waals surface area contributed by atoms with Gasteiger partial charge in [0.2, 0.25) is 5.91 Å². The molecule has 0 unspecified atom stereocenters. The second kappa shape index (κ2) is 11.3. The van der Waals surface area contributed by atoms with Crippen LogP contribution in [0.2, 0.25) is 0 Å². The van der Waals surface area contributed by atoms with Gasteiger partial charge in [0.05, 0.1) is 25.4 Å². The fraction of sp³-hybridized carbons (Fsp3) is 0.231. The van der Waals surface area contributed by atoms with Crippen LogP contribution in [0, 0.1) is 0 Å². The summed E-state index contributed by atoms with van der Waals surface area (Å²) >= 11 is 1.33. The molecule has 0 aliphatic carbocycles. The highest BCUT2D eigenvalue weighted by molar-refractivity contribution is 7.20. The van der Waals surface area contributed by atoms with Crippen LogP contribution in [0.25, 0.3) is 16.5 Å². The molecule has 0 saturated heterocycles. The molecule has 3 rings (SSSR count). The number of nitrogens with one attached hydrogen (secondary N) is 1. The topological polar surface area (TPSA) is 73.9 Å². The van der Waals surface area contributed by atoms with E-state index in [1.54, 1.807) is 38.3 Å². The Kier molecular flexibility index (Phi) is 8.27. The Balaban J connectivity index is 1.80. The van der Waals surface area contributed by atoms with Crippen molar-refractivity contribution in [1.29, 1.82) is 0 Å². The number of ether oxygens (including phenoxy) is 3. The number of hydrogen-bond donors (Lipinski definition) is 1. The quantitative estimate of drug-likeness (QED) is 0.308. The van der Waals surface area contributed by atoms with Gasteiger partial charge in [-0.3, -0.25) is 4.79 Å². The summed E-state index contributed by atoms with van der Waals surface area (Å²) in [5.74, 6) is 0.394. The Bertz CT molecular complexity index is 1130. The Morgan fingerprint density at radius 1 is 1.06 bits per heavy atom. The lowest BCUT2D eigenvalue weighted by Gasteiger charge is -2.13. The van der Waals surface area contributed by atoms with Crippen molar-refractivity contribution < 1.29 is 23.8 Å². The molecule has 1 aromatic heterocycles. The number of amides is 1. The molecule has 6 nitrogen and oxygen atoms in total. The molecular weight excluding hydrogens is 438 g/mol. The van der Waals surface area contributed by atoms with Gasteiger partial charge in [0.1, 0.15) is 5.00 Å². The van der Waals surface area contributed by atoms with Crippen molar-refractivity contribution in [2.24, 2.45) is 0 Å². The normalized spacial score (nSPS) is 10.9. The number of esters is 1. The van der Waals surface area contributed by atoms with Gasteiger partial charge in [-0.25, -0.2) is 4.79 Å². The van der Waals surface area contributed by atoms with Crippen LogP contribution in [0.3, 0.4) is 0 Å². The molecule has 0 aliphatic rings. The Morgan fingerprint density at radius 2 is 1.82 bits per heavy atom. The second-order valence-electron chi connectivity index (χ2n) is 7.34. The van der Waals surface area contributed by atoms with Crippen LogP contribution >= 0.6 is 11.3 Å². The number of hydrogen-bond acceptors (Lipinski definition) is 6. The van der Waals surface area contributed by atoms with Crippen molar-refractivity contribution in [3.63, 3.8) is 0 Å². The lowest BCUT2D eigenvalue weighted by molar-refractivity contribution is -0.111. The fourth-order valence-corrected chi connectivity index (χ4v) is 4.11. The van der Waals surface area contributed by atoms with Crippen molar-refractivity contribution in [3.8, 4) is 21.9 Å². The molecule has 0 aliphatic heterocycles. The van der Waals surface area contributed by atoms with E-state index in [0.717, 1.165) is 16.0 Å². The SMILES string of the molecule is CCOC(=O)c1cc(-c2ccccc2)sc1NC(=O)/C=C/c1ccc(OC(C)C)c(OC)c1. The molecule has 33 heavy (non-hydrogen) atoms. The van der Waals surface area contributed by atoms with Crippen LogP contribution in [0.1, 0.15) is 36.7 Å². The second-order valence-corrected chi connectivity index (χ2v) is 8.39. The summed E-state index contributed by atoms with van der Waals surface area (Å²) < 4.78 is 16.3. The van der Waals surface area contributed by atoms with Gasteiger partial charge in [-0.15, -0.1) is 11.3 Å². The van der Waals surface area contributed by atoms with Gasteiger partial charge >= 0.3 is 5.97 Å². The van der Waals surface area contributed by atoms with Crippen LogP contribution in [-0.4, -0.2) is 31.7 Å². The van der Waals surface area contributed by atoms with Gasteiger partial charge in [-0.1, -0.05) is 36.4 Å². The number of rotatable bonds is 9. The third-order valence-corrected chi connectivity index (χ3v) is 5.60. The Hall–Kier alpha value is -3.58. The maximum atomic E-state index is 12.6. The molecule has 0 radical (unpaired) electrons. The lowest BCUT2D eigenvalue weighted by Crippen LogP contribution is -2.11. The minimum absolute atomic E-state index is 0.0197. The Labute approximate surface area is 197 Å². The third-order valence-electron chi connectivity index (χ3n) is 4.50. The van der Waals surface area contributed by atoms with E-state index in [1.165, 1.54) is 17.4 Å². The summed E-state index contributed by atoms with van der Waals surface area (Å²) in [6.07, 6.45) is 3.10. The van der Waals surface area contributed by atoms with Gasteiger partial charge in [0.15, 0.2) is 11.5 Å². The van der Waals surface area contributed by atoms with Crippen molar-refractivity contribution >= 4 is 34.3 Å². The molecule has 7 heteroatoms. The van der Waals surface area contributed by atoms with Crippen LogP contribution in [0.5, 0.6) is 11.5 Å². The minimum Gasteiger partial charge on any atom is -0.493 e. The van der Waals surface area contributed by atoms with Crippen molar-refractivity contribution in [2.45, 2.75) is 26.9 Å². The first kappa shape index (κ1) is 24.1. The van der Waals surface area contributed by atoms with Gasteiger partial charge in [-0.05, 0) is 56.2 Å².